The molecule has 262 valence electrons. The molecular formula is C41H74Cl2P2. The van der Waals surface area contributed by atoms with Crippen LogP contribution in [0.5, 0.6) is 0 Å². The van der Waals surface area contributed by atoms with Crippen LogP contribution in [-0.2, 0) is 0 Å². The molecule has 0 aliphatic heterocycles. The van der Waals surface area contributed by atoms with Gasteiger partial charge in [-0.3, -0.25) is 0 Å². The third-order valence-electron chi connectivity index (χ3n) is 15.7. The van der Waals surface area contributed by atoms with E-state index < -0.39 is 11.9 Å². The maximum atomic E-state index is 9.81. The zero-order valence-electron chi connectivity index (χ0n) is 30.0. The summed E-state index contributed by atoms with van der Waals surface area (Å²) in [5, 5.41) is 0.541. The maximum absolute atomic E-state index is 9.81. The third-order valence-corrected chi connectivity index (χ3v) is 40.7. The molecule has 0 aromatic rings. The number of halogens is 2. The SMILES string of the molecule is CC(C)=CC(P(Cl)(C1CCCCC1)(C1CCCCC1)C1CCCCC1)P(Cl)(C1CCCCC1)(C1CCCCC1)C1CCCCC1. The number of hydrogen-bond donors (Lipinski definition) is 0. The summed E-state index contributed by atoms with van der Waals surface area (Å²) in [4.78, 5) is 0. The summed E-state index contributed by atoms with van der Waals surface area (Å²) in [7, 11) is 0. The monoisotopic (exact) mass is 698 g/mol. The van der Waals surface area contributed by atoms with Gasteiger partial charge in [0.25, 0.3) is 0 Å². The fourth-order valence-electron chi connectivity index (χ4n) is 14.0. The van der Waals surface area contributed by atoms with Crippen LogP contribution in [0.1, 0.15) is 206 Å². The van der Waals surface area contributed by atoms with Crippen LogP contribution in [0.15, 0.2) is 11.6 Å². The Hall–Kier alpha value is 1.18. The fourth-order valence-corrected chi connectivity index (χ4v) is 45.4. The summed E-state index contributed by atoms with van der Waals surface area (Å²) in [5.41, 5.74) is 6.21. The van der Waals surface area contributed by atoms with Crippen LogP contribution in [0.4, 0.5) is 0 Å². The summed E-state index contributed by atoms with van der Waals surface area (Å²) in [5.74, 6) is -5.95. The molecule has 6 aliphatic rings. The van der Waals surface area contributed by atoms with Gasteiger partial charge < -0.3 is 0 Å². The van der Waals surface area contributed by atoms with Gasteiger partial charge in [0.15, 0.2) is 0 Å². The molecule has 4 heteroatoms. The molecule has 6 fully saturated rings. The molecule has 0 amide bonds. The predicted octanol–water partition coefficient (Wildman–Crippen LogP) is 15.7. The van der Waals surface area contributed by atoms with Crippen LogP contribution in [0.25, 0.3) is 0 Å². The number of hydrogen-bond acceptors (Lipinski definition) is 0. The number of allylic oxidation sites excluding steroid dienone is 2. The topological polar surface area (TPSA) is 0 Å². The Bertz CT molecular complexity index is 799. The van der Waals surface area contributed by atoms with Crippen LogP contribution < -0.4 is 0 Å². The zero-order valence-corrected chi connectivity index (χ0v) is 33.3. The number of rotatable bonds is 9. The van der Waals surface area contributed by atoms with Gasteiger partial charge >= 0.3 is 292 Å². The molecule has 0 aromatic heterocycles. The Kier molecular flexibility index (Phi) is 12.2. The molecule has 0 unspecified atom stereocenters. The Morgan fingerprint density at radius 1 is 0.378 bits per heavy atom. The summed E-state index contributed by atoms with van der Waals surface area (Å²) in [6.07, 6.45) is 46.1. The molecule has 6 rings (SSSR count). The summed E-state index contributed by atoms with van der Waals surface area (Å²) < 4.78 is 0. The standard InChI is InChI=1S/C41H74Cl2P2/c1-34(2)33-41(44(42,35-21-9-3-10-22-35,36-23-11-4-12-24-36)37-25-13-5-14-26-37)45(43,38-27-15-6-16-28-38,39-29-17-7-18-30-39)40-31-19-8-20-32-40/h33,35-41H,3-32H2,1-2H3. The van der Waals surface area contributed by atoms with Gasteiger partial charge in [-0.05, 0) is 0 Å². The summed E-state index contributed by atoms with van der Waals surface area (Å²) in [6, 6.07) is 0. The quantitative estimate of drug-likeness (QED) is 0.166. The van der Waals surface area contributed by atoms with Crippen LogP contribution in [0, 0.1) is 0 Å². The van der Waals surface area contributed by atoms with Crippen molar-refractivity contribution in [2.24, 2.45) is 0 Å². The van der Waals surface area contributed by atoms with E-state index in [4.69, 9.17) is 0 Å². The molecule has 0 saturated heterocycles. The van der Waals surface area contributed by atoms with E-state index in [1.54, 1.807) is 5.57 Å². The van der Waals surface area contributed by atoms with E-state index in [0.717, 1.165) is 34.0 Å². The van der Waals surface area contributed by atoms with Gasteiger partial charge in [0, 0.05) is 0 Å². The second-order valence-corrected chi connectivity index (χ2v) is 33.7. The molecule has 0 nitrogen and oxygen atoms in total. The molecule has 6 saturated carbocycles. The second kappa shape index (κ2) is 15.2. The first-order valence-corrected chi connectivity index (χ1v) is 27.8. The molecule has 0 heterocycles. The first-order chi connectivity index (χ1) is 21.8. The van der Waals surface area contributed by atoms with Crippen molar-refractivity contribution in [3.63, 3.8) is 0 Å². The van der Waals surface area contributed by atoms with E-state index in [1.165, 1.54) is 193 Å². The van der Waals surface area contributed by atoms with Crippen molar-refractivity contribution in [2.75, 3.05) is 0 Å². The van der Waals surface area contributed by atoms with Gasteiger partial charge in [-0.1, -0.05) is 0 Å². The Balaban J connectivity index is 1.72. The molecule has 0 spiro atoms. The molecule has 0 bridgehead atoms. The summed E-state index contributed by atoms with van der Waals surface area (Å²) in [6.45, 7) is 4.96. The van der Waals surface area contributed by atoms with Crippen LogP contribution in [-0.4, -0.2) is 39.4 Å². The zero-order chi connectivity index (χ0) is 31.4. The Morgan fingerprint density at radius 2 is 0.556 bits per heavy atom. The Morgan fingerprint density at radius 3 is 0.711 bits per heavy atom. The van der Waals surface area contributed by atoms with E-state index >= 15 is 0 Å². The van der Waals surface area contributed by atoms with Crippen LogP contribution in [0.2, 0.25) is 0 Å². The normalized spacial score (nSPS) is 29.7. The van der Waals surface area contributed by atoms with Crippen LogP contribution in [0.3, 0.4) is 0 Å². The molecule has 0 atom stereocenters. The summed E-state index contributed by atoms with van der Waals surface area (Å²) >= 11 is 19.6. The molecular weight excluding hydrogens is 625 g/mol. The van der Waals surface area contributed by atoms with E-state index in [0.29, 0.717) is 5.40 Å². The average Bonchev–Trinajstić information content (AvgIpc) is 3.12. The minimum absolute atomic E-state index is 0.541. The third kappa shape index (κ3) is 6.13. The van der Waals surface area contributed by atoms with Gasteiger partial charge in [-0.15, -0.1) is 0 Å². The second-order valence-electron chi connectivity index (χ2n) is 18.0. The van der Waals surface area contributed by atoms with Crippen molar-refractivity contribution in [1.82, 2.24) is 0 Å². The Labute approximate surface area is 290 Å². The van der Waals surface area contributed by atoms with Crippen molar-refractivity contribution in [2.45, 2.75) is 246 Å². The van der Waals surface area contributed by atoms with Crippen molar-refractivity contribution in [3.05, 3.63) is 11.6 Å². The van der Waals surface area contributed by atoms with Gasteiger partial charge in [-0.25, -0.2) is 0 Å². The van der Waals surface area contributed by atoms with Gasteiger partial charge in [0.05, 0.1) is 0 Å². The molecule has 0 N–H and O–H groups in total. The van der Waals surface area contributed by atoms with E-state index in [2.05, 4.69) is 19.9 Å². The first-order valence-electron chi connectivity index (χ1n) is 20.9. The van der Waals surface area contributed by atoms with Crippen molar-refractivity contribution in [1.29, 1.82) is 0 Å². The molecule has 0 radical (unpaired) electrons. The average molecular weight is 700 g/mol. The van der Waals surface area contributed by atoms with Gasteiger partial charge in [-0.2, -0.15) is 0 Å². The predicted molar refractivity (Wildman–Crippen MR) is 210 cm³/mol. The molecule has 6 aliphatic carbocycles. The van der Waals surface area contributed by atoms with Crippen molar-refractivity contribution < 1.29 is 0 Å². The van der Waals surface area contributed by atoms with Crippen molar-refractivity contribution in [3.8, 4) is 0 Å². The van der Waals surface area contributed by atoms with Gasteiger partial charge in [0.1, 0.15) is 0 Å². The minimum atomic E-state index is -2.97. The van der Waals surface area contributed by atoms with Crippen molar-refractivity contribution >= 4 is 34.4 Å². The van der Waals surface area contributed by atoms with Gasteiger partial charge in [0.2, 0.25) is 0 Å². The van der Waals surface area contributed by atoms with Crippen LogP contribution >= 0.6 is 34.4 Å². The van der Waals surface area contributed by atoms with E-state index in [9.17, 15) is 22.5 Å². The molecule has 0 aromatic carbocycles. The van der Waals surface area contributed by atoms with E-state index in [-0.39, 0.29) is 0 Å². The fraction of sp³-hybridized carbons (Fsp3) is 0.951. The molecule has 45 heavy (non-hydrogen) atoms. The first kappa shape index (κ1) is 36.0. The van der Waals surface area contributed by atoms with E-state index in [1.807, 2.05) is 0 Å².